The van der Waals surface area contributed by atoms with Crippen molar-refractivity contribution in [3.63, 3.8) is 0 Å². The molecule has 1 aromatic heterocycles. The minimum absolute atomic E-state index is 0.370. The molecule has 1 fully saturated rings. The Morgan fingerprint density at radius 1 is 1.33 bits per heavy atom. The predicted octanol–water partition coefficient (Wildman–Crippen LogP) is 2.67. The van der Waals surface area contributed by atoms with Gasteiger partial charge < -0.3 is 15.1 Å². The van der Waals surface area contributed by atoms with E-state index >= 15 is 0 Å². The first-order valence-corrected chi connectivity index (χ1v) is 8.30. The van der Waals surface area contributed by atoms with Crippen LogP contribution in [-0.2, 0) is 0 Å². The summed E-state index contributed by atoms with van der Waals surface area (Å²) in [5, 5.41) is 3.43. The molecule has 0 aliphatic carbocycles. The molecule has 0 spiro atoms. The Morgan fingerprint density at radius 2 is 2.05 bits per heavy atom. The third-order valence-corrected chi connectivity index (χ3v) is 4.69. The smallest absolute Gasteiger partial charge is 0.128 e. The largest absolute Gasteiger partial charge is 0.357 e. The van der Waals surface area contributed by atoms with E-state index in [1.54, 1.807) is 0 Å². The summed E-state index contributed by atoms with van der Waals surface area (Å²) in [7, 11) is 2.18. The molecule has 0 radical (unpaired) electrons. The van der Waals surface area contributed by atoms with Gasteiger partial charge in [0.1, 0.15) is 5.82 Å². The molecule has 1 aromatic rings. The monoisotopic (exact) mass is 290 g/mol. The molecule has 0 aromatic carbocycles. The minimum Gasteiger partial charge on any atom is -0.357 e. The van der Waals surface area contributed by atoms with E-state index in [0.29, 0.717) is 12.1 Å². The Balaban J connectivity index is 1.95. The zero-order valence-electron chi connectivity index (χ0n) is 14.0. The highest BCUT2D eigenvalue weighted by Gasteiger charge is 2.22. The van der Waals surface area contributed by atoms with Gasteiger partial charge in [-0.25, -0.2) is 4.98 Å². The van der Waals surface area contributed by atoms with Crippen LogP contribution in [-0.4, -0.2) is 49.2 Å². The van der Waals surface area contributed by atoms with Crippen molar-refractivity contribution < 1.29 is 0 Å². The summed E-state index contributed by atoms with van der Waals surface area (Å²) in [5.74, 6) is 1.09. The molecular weight excluding hydrogens is 260 g/mol. The van der Waals surface area contributed by atoms with E-state index < -0.39 is 0 Å². The van der Waals surface area contributed by atoms with E-state index in [-0.39, 0.29) is 0 Å². The van der Waals surface area contributed by atoms with Crippen LogP contribution < -0.4 is 10.2 Å². The van der Waals surface area contributed by atoms with Crippen LogP contribution in [0.2, 0.25) is 0 Å². The molecule has 1 atom stereocenters. The number of likely N-dealkylation sites (tertiary alicyclic amines) is 1. The van der Waals surface area contributed by atoms with Crippen molar-refractivity contribution in [1.82, 2.24) is 15.2 Å². The Kier molecular flexibility index (Phi) is 6.00. The Labute approximate surface area is 129 Å². The molecule has 118 valence electrons. The van der Waals surface area contributed by atoms with Crippen LogP contribution in [0.4, 0.5) is 5.82 Å². The molecule has 2 heterocycles. The average molecular weight is 290 g/mol. The lowest BCUT2D eigenvalue weighted by Crippen LogP contribution is -2.43. The van der Waals surface area contributed by atoms with Gasteiger partial charge in [-0.3, -0.25) is 0 Å². The molecule has 1 unspecified atom stereocenters. The fourth-order valence-corrected chi connectivity index (χ4v) is 3.10. The molecule has 1 aliphatic heterocycles. The van der Waals surface area contributed by atoms with Gasteiger partial charge in [-0.1, -0.05) is 19.9 Å². The van der Waals surface area contributed by atoms with Gasteiger partial charge in [0, 0.05) is 38.4 Å². The van der Waals surface area contributed by atoms with Crippen molar-refractivity contribution in [3.05, 3.63) is 23.9 Å². The first kappa shape index (κ1) is 16.2. The molecule has 4 nitrogen and oxygen atoms in total. The third kappa shape index (κ3) is 4.17. The van der Waals surface area contributed by atoms with Crippen LogP contribution in [0.1, 0.15) is 45.2 Å². The fourth-order valence-electron chi connectivity index (χ4n) is 3.10. The molecule has 0 bridgehead atoms. The van der Waals surface area contributed by atoms with Gasteiger partial charge in [-0.15, -0.1) is 0 Å². The van der Waals surface area contributed by atoms with Crippen molar-refractivity contribution in [3.8, 4) is 0 Å². The van der Waals surface area contributed by atoms with Gasteiger partial charge in [0.15, 0.2) is 0 Å². The van der Waals surface area contributed by atoms with Crippen LogP contribution in [0.3, 0.4) is 0 Å². The predicted molar refractivity (Wildman–Crippen MR) is 89.9 cm³/mol. The minimum atomic E-state index is 0.370. The van der Waals surface area contributed by atoms with Crippen LogP contribution in [0.15, 0.2) is 18.3 Å². The van der Waals surface area contributed by atoms with Crippen molar-refractivity contribution in [2.24, 2.45) is 0 Å². The summed E-state index contributed by atoms with van der Waals surface area (Å²) in [6, 6.07) is 5.36. The highest BCUT2D eigenvalue weighted by molar-refractivity contribution is 5.40. The molecule has 2 rings (SSSR count). The molecule has 1 saturated heterocycles. The van der Waals surface area contributed by atoms with Crippen LogP contribution in [0, 0.1) is 0 Å². The summed E-state index contributed by atoms with van der Waals surface area (Å²) >= 11 is 0. The Morgan fingerprint density at radius 3 is 2.57 bits per heavy atom. The number of piperidine rings is 1. The first-order chi connectivity index (χ1) is 10.2. The second-order valence-corrected chi connectivity index (χ2v) is 6.01. The summed E-state index contributed by atoms with van der Waals surface area (Å²) < 4.78 is 0. The van der Waals surface area contributed by atoms with Crippen LogP contribution in [0.25, 0.3) is 0 Å². The SMILES string of the molecule is CCNC(C)c1ccc(N(C)C2CCN(CC)CC2)nc1. The van der Waals surface area contributed by atoms with E-state index in [4.69, 9.17) is 0 Å². The molecule has 1 aliphatic rings. The van der Waals surface area contributed by atoms with Crippen LogP contribution in [0.5, 0.6) is 0 Å². The third-order valence-electron chi connectivity index (χ3n) is 4.69. The number of aromatic nitrogens is 1. The normalized spacial score (nSPS) is 18.7. The van der Waals surface area contributed by atoms with Gasteiger partial charge in [0.05, 0.1) is 0 Å². The first-order valence-electron chi connectivity index (χ1n) is 8.30. The van der Waals surface area contributed by atoms with Crippen molar-refractivity contribution >= 4 is 5.82 Å². The zero-order chi connectivity index (χ0) is 15.2. The van der Waals surface area contributed by atoms with Crippen molar-refractivity contribution in [2.75, 3.05) is 38.1 Å². The maximum Gasteiger partial charge on any atom is 0.128 e. The van der Waals surface area contributed by atoms with E-state index in [1.165, 1.54) is 38.0 Å². The number of nitrogens with one attached hydrogen (secondary N) is 1. The number of anilines is 1. The fraction of sp³-hybridized carbons (Fsp3) is 0.706. The maximum atomic E-state index is 4.67. The second kappa shape index (κ2) is 7.76. The molecule has 1 N–H and O–H groups in total. The van der Waals surface area contributed by atoms with Gasteiger partial charge in [0.2, 0.25) is 0 Å². The molecule has 0 amide bonds. The van der Waals surface area contributed by atoms with Gasteiger partial charge >= 0.3 is 0 Å². The Bertz CT molecular complexity index is 409. The number of nitrogens with zero attached hydrogens (tertiary/aromatic N) is 3. The van der Waals surface area contributed by atoms with Crippen molar-refractivity contribution in [1.29, 1.82) is 0 Å². The van der Waals surface area contributed by atoms with Gasteiger partial charge in [-0.2, -0.15) is 0 Å². The highest BCUT2D eigenvalue weighted by Crippen LogP contribution is 2.21. The van der Waals surface area contributed by atoms with E-state index in [2.05, 4.69) is 60.1 Å². The van der Waals surface area contributed by atoms with E-state index in [9.17, 15) is 0 Å². The number of hydrogen-bond acceptors (Lipinski definition) is 4. The van der Waals surface area contributed by atoms with Crippen molar-refractivity contribution in [2.45, 2.75) is 45.7 Å². The van der Waals surface area contributed by atoms with Gasteiger partial charge in [0.25, 0.3) is 0 Å². The number of rotatable bonds is 6. The average Bonchev–Trinajstić information content (AvgIpc) is 2.54. The summed E-state index contributed by atoms with van der Waals surface area (Å²) in [6.45, 7) is 11.1. The number of pyridine rings is 1. The number of hydrogen-bond donors (Lipinski definition) is 1. The summed E-state index contributed by atoms with van der Waals surface area (Å²) in [6.07, 6.45) is 4.49. The zero-order valence-corrected chi connectivity index (χ0v) is 14.0. The maximum absolute atomic E-state index is 4.67. The molecular formula is C17H30N4. The molecule has 21 heavy (non-hydrogen) atoms. The topological polar surface area (TPSA) is 31.4 Å². The molecule has 4 heteroatoms. The highest BCUT2D eigenvalue weighted by atomic mass is 15.2. The van der Waals surface area contributed by atoms with Crippen LogP contribution >= 0.6 is 0 Å². The van der Waals surface area contributed by atoms with Gasteiger partial charge in [-0.05, 0) is 44.5 Å². The van der Waals surface area contributed by atoms with E-state index in [1.807, 2.05) is 6.20 Å². The lowest BCUT2D eigenvalue weighted by molar-refractivity contribution is 0.220. The standard InChI is InChI=1S/C17H30N4/c1-5-18-14(3)15-7-8-17(19-13-15)20(4)16-9-11-21(6-2)12-10-16/h7-8,13-14,16,18H,5-6,9-12H2,1-4H3. The lowest BCUT2D eigenvalue weighted by Gasteiger charge is -2.36. The quantitative estimate of drug-likeness (QED) is 0.873. The molecule has 0 saturated carbocycles. The summed E-state index contributed by atoms with van der Waals surface area (Å²) in [5.41, 5.74) is 1.26. The second-order valence-electron chi connectivity index (χ2n) is 6.01. The lowest BCUT2D eigenvalue weighted by atomic mass is 10.0. The van der Waals surface area contributed by atoms with E-state index in [0.717, 1.165) is 12.4 Å². The summed E-state index contributed by atoms with van der Waals surface area (Å²) in [4.78, 5) is 9.55. The Hall–Kier alpha value is -1.13.